The molecule has 0 amide bonds. The summed E-state index contributed by atoms with van der Waals surface area (Å²) in [5.41, 5.74) is 0. The Hall–Kier alpha value is 0.250. The van der Waals surface area contributed by atoms with E-state index in [1.807, 2.05) is 0 Å². The molecule has 0 radical (unpaired) electrons. The standard InChI is InChI=1S/C7H13N.ClH/c1-2-6(3-1)8-7-4-5-7;/h6-8H,1-5H2;1H. The van der Waals surface area contributed by atoms with E-state index in [0.717, 1.165) is 12.1 Å². The van der Waals surface area contributed by atoms with Gasteiger partial charge in [0.1, 0.15) is 0 Å². The van der Waals surface area contributed by atoms with Crippen LogP contribution in [0.2, 0.25) is 0 Å². The van der Waals surface area contributed by atoms with Crippen LogP contribution >= 0.6 is 12.4 Å². The molecule has 2 aliphatic rings. The molecule has 0 aliphatic heterocycles. The van der Waals surface area contributed by atoms with Crippen LogP contribution in [-0.2, 0) is 0 Å². The van der Waals surface area contributed by atoms with Crippen molar-refractivity contribution in [3.05, 3.63) is 0 Å². The summed E-state index contributed by atoms with van der Waals surface area (Å²) in [5, 5.41) is 3.59. The van der Waals surface area contributed by atoms with Gasteiger partial charge in [0, 0.05) is 12.1 Å². The van der Waals surface area contributed by atoms with Gasteiger partial charge < -0.3 is 5.32 Å². The van der Waals surface area contributed by atoms with Gasteiger partial charge in [-0.05, 0) is 25.7 Å². The number of hydrogen-bond donors (Lipinski definition) is 1. The summed E-state index contributed by atoms with van der Waals surface area (Å²) in [6.07, 6.45) is 7.23. The molecule has 2 heteroatoms. The average Bonchev–Trinajstić information content (AvgIpc) is 2.36. The van der Waals surface area contributed by atoms with Gasteiger partial charge in [0.15, 0.2) is 0 Å². The van der Waals surface area contributed by atoms with Gasteiger partial charge in [0.2, 0.25) is 0 Å². The second kappa shape index (κ2) is 2.89. The van der Waals surface area contributed by atoms with Crippen molar-refractivity contribution in [3.8, 4) is 0 Å². The largest absolute Gasteiger partial charge is 0.311 e. The van der Waals surface area contributed by atoms with Crippen molar-refractivity contribution in [2.75, 3.05) is 0 Å². The van der Waals surface area contributed by atoms with E-state index in [9.17, 15) is 0 Å². The molecule has 2 rings (SSSR count). The molecule has 2 fully saturated rings. The van der Waals surface area contributed by atoms with E-state index in [0.29, 0.717) is 0 Å². The lowest BCUT2D eigenvalue weighted by Gasteiger charge is -2.26. The minimum atomic E-state index is 0. The van der Waals surface area contributed by atoms with Crippen molar-refractivity contribution in [3.63, 3.8) is 0 Å². The molecule has 2 aliphatic carbocycles. The van der Waals surface area contributed by atoms with E-state index < -0.39 is 0 Å². The van der Waals surface area contributed by atoms with Crippen molar-refractivity contribution < 1.29 is 0 Å². The third-order valence-corrected chi connectivity index (χ3v) is 2.15. The highest BCUT2D eigenvalue weighted by Gasteiger charge is 2.26. The van der Waals surface area contributed by atoms with Crippen LogP contribution in [0.5, 0.6) is 0 Å². The first kappa shape index (κ1) is 7.36. The molecule has 0 bridgehead atoms. The van der Waals surface area contributed by atoms with Crippen LogP contribution in [0.3, 0.4) is 0 Å². The number of hydrogen-bond acceptors (Lipinski definition) is 1. The zero-order valence-electron chi connectivity index (χ0n) is 5.60. The summed E-state index contributed by atoms with van der Waals surface area (Å²) >= 11 is 0. The Morgan fingerprint density at radius 2 is 1.44 bits per heavy atom. The molecule has 0 spiro atoms. The fraction of sp³-hybridized carbons (Fsp3) is 1.00. The Labute approximate surface area is 62.6 Å². The zero-order valence-corrected chi connectivity index (χ0v) is 6.41. The lowest BCUT2D eigenvalue weighted by atomic mass is 9.93. The van der Waals surface area contributed by atoms with Gasteiger partial charge in [-0.15, -0.1) is 12.4 Å². The predicted octanol–water partition coefficient (Wildman–Crippen LogP) is 1.71. The number of halogens is 1. The van der Waals surface area contributed by atoms with Crippen LogP contribution in [0.1, 0.15) is 32.1 Å². The molecule has 0 unspecified atom stereocenters. The fourth-order valence-electron chi connectivity index (χ4n) is 1.16. The second-order valence-corrected chi connectivity index (χ2v) is 3.07. The first-order valence-electron chi connectivity index (χ1n) is 3.71. The van der Waals surface area contributed by atoms with Crippen molar-refractivity contribution in [1.82, 2.24) is 5.32 Å². The molecule has 54 valence electrons. The molecule has 1 nitrogen and oxygen atoms in total. The first-order chi connectivity index (χ1) is 3.95. The summed E-state index contributed by atoms with van der Waals surface area (Å²) in [7, 11) is 0. The second-order valence-electron chi connectivity index (χ2n) is 3.07. The summed E-state index contributed by atoms with van der Waals surface area (Å²) in [6, 6.07) is 1.85. The highest BCUT2D eigenvalue weighted by Crippen LogP contribution is 2.25. The quantitative estimate of drug-likeness (QED) is 0.627. The average molecular weight is 148 g/mol. The van der Waals surface area contributed by atoms with Gasteiger partial charge in [-0.2, -0.15) is 0 Å². The lowest BCUT2D eigenvalue weighted by Crippen LogP contribution is -2.36. The number of nitrogens with one attached hydrogen (secondary N) is 1. The van der Waals surface area contributed by atoms with Crippen LogP contribution in [0.25, 0.3) is 0 Å². The Bertz CT molecular complexity index is 86.9. The summed E-state index contributed by atoms with van der Waals surface area (Å²) < 4.78 is 0. The molecule has 0 heterocycles. The van der Waals surface area contributed by atoms with Crippen LogP contribution in [0.15, 0.2) is 0 Å². The smallest absolute Gasteiger partial charge is 0.00708 e. The Morgan fingerprint density at radius 3 is 1.78 bits per heavy atom. The van der Waals surface area contributed by atoms with Crippen molar-refractivity contribution in [2.24, 2.45) is 0 Å². The van der Waals surface area contributed by atoms with Gasteiger partial charge >= 0.3 is 0 Å². The van der Waals surface area contributed by atoms with Gasteiger partial charge in [-0.25, -0.2) is 0 Å². The van der Waals surface area contributed by atoms with Gasteiger partial charge in [0.25, 0.3) is 0 Å². The third kappa shape index (κ3) is 1.84. The molecule has 0 aromatic carbocycles. The summed E-state index contributed by atoms with van der Waals surface area (Å²) in [4.78, 5) is 0. The van der Waals surface area contributed by atoms with Crippen LogP contribution in [0, 0.1) is 0 Å². The first-order valence-corrected chi connectivity index (χ1v) is 3.71. The van der Waals surface area contributed by atoms with Gasteiger partial charge in [-0.3, -0.25) is 0 Å². The topological polar surface area (TPSA) is 12.0 Å². The van der Waals surface area contributed by atoms with Crippen molar-refractivity contribution in [2.45, 2.75) is 44.2 Å². The monoisotopic (exact) mass is 147 g/mol. The minimum Gasteiger partial charge on any atom is -0.311 e. The van der Waals surface area contributed by atoms with Crippen LogP contribution < -0.4 is 5.32 Å². The molecular formula is C7H14ClN. The van der Waals surface area contributed by atoms with Gasteiger partial charge in [-0.1, -0.05) is 6.42 Å². The Kier molecular flexibility index (Phi) is 2.36. The predicted molar refractivity (Wildman–Crippen MR) is 41.0 cm³/mol. The van der Waals surface area contributed by atoms with E-state index in [4.69, 9.17) is 0 Å². The normalized spacial score (nSPS) is 26.7. The van der Waals surface area contributed by atoms with E-state index in [2.05, 4.69) is 5.32 Å². The van der Waals surface area contributed by atoms with Crippen LogP contribution in [-0.4, -0.2) is 12.1 Å². The molecule has 0 aromatic rings. The summed E-state index contributed by atoms with van der Waals surface area (Å²) in [5.74, 6) is 0. The molecule has 9 heavy (non-hydrogen) atoms. The Balaban J connectivity index is 0.000000405. The molecular weight excluding hydrogens is 134 g/mol. The van der Waals surface area contributed by atoms with E-state index >= 15 is 0 Å². The van der Waals surface area contributed by atoms with Crippen molar-refractivity contribution >= 4 is 12.4 Å². The third-order valence-electron chi connectivity index (χ3n) is 2.15. The zero-order chi connectivity index (χ0) is 5.40. The maximum atomic E-state index is 3.59. The van der Waals surface area contributed by atoms with E-state index in [1.165, 1.54) is 32.1 Å². The SMILES string of the molecule is C1CC(NC2CC2)C1.Cl. The van der Waals surface area contributed by atoms with E-state index in [1.54, 1.807) is 0 Å². The Morgan fingerprint density at radius 1 is 0.889 bits per heavy atom. The minimum absolute atomic E-state index is 0. The van der Waals surface area contributed by atoms with E-state index in [-0.39, 0.29) is 12.4 Å². The van der Waals surface area contributed by atoms with Gasteiger partial charge in [0.05, 0.1) is 0 Å². The summed E-state index contributed by atoms with van der Waals surface area (Å²) in [6.45, 7) is 0. The van der Waals surface area contributed by atoms with Crippen LogP contribution in [0.4, 0.5) is 0 Å². The molecule has 1 N–H and O–H groups in total. The lowest BCUT2D eigenvalue weighted by molar-refractivity contribution is 0.337. The highest BCUT2D eigenvalue weighted by molar-refractivity contribution is 5.85. The molecule has 0 saturated heterocycles. The molecule has 2 saturated carbocycles. The highest BCUT2D eigenvalue weighted by atomic mass is 35.5. The molecule has 0 atom stereocenters. The fourth-order valence-corrected chi connectivity index (χ4v) is 1.16. The molecule has 0 aromatic heterocycles. The maximum Gasteiger partial charge on any atom is 0.00708 e. The van der Waals surface area contributed by atoms with Crippen molar-refractivity contribution in [1.29, 1.82) is 0 Å². The number of rotatable bonds is 2. The maximum absolute atomic E-state index is 3.59.